The molecule has 0 saturated heterocycles. The van der Waals surface area contributed by atoms with Crippen LogP contribution >= 0.6 is 0 Å². The summed E-state index contributed by atoms with van der Waals surface area (Å²) in [6.45, 7) is 1.59. The second-order valence-electron chi connectivity index (χ2n) is 6.30. The predicted octanol–water partition coefficient (Wildman–Crippen LogP) is 3.33. The van der Waals surface area contributed by atoms with Crippen molar-refractivity contribution in [2.75, 3.05) is 10.6 Å². The number of carbonyl (C=O) groups excluding carboxylic acids is 2. The Balaban J connectivity index is 1.57. The molecule has 0 aliphatic heterocycles. The van der Waals surface area contributed by atoms with Crippen molar-refractivity contribution in [1.29, 1.82) is 0 Å². The number of hydrogen-bond acceptors (Lipinski definition) is 5. The molecule has 0 aliphatic carbocycles. The molecular weight excluding hydrogens is 372 g/mol. The number of aromatic nitrogens is 2. The lowest BCUT2D eigenvalue weighted by Crippen LogP contribution is -2.17. The fourth-order valence-electron chi connectivity index (χ4n) is 2.99. The first-order chi connectivity index (χ1) is 14.0. The number of amides is 2. The molecule has 2 aromatic carbocycles. The van der Waals surface area contributed by atoms with Gasteiger partial charge in [0.15, 0.2) is 0 Å². The van der Waals surface area contributed by atoms with Crippen LogP contribution in [0.5, 0.6) is 0 Å². The zero-order valence-electron chi connectivity index (χ0n) is 15.4. The van der Waals surface area contributed by atoms with E-state index in [1.165, 1.54) is 6.33 Å². The maximum absolute atomic E-state index is 12.8. The molecule has 4 aromatic rings. The van der Waals surface area contributed by atoms with Crippen LogP contribution in [0.1, 0.15) is 26.5 Å². The summed E-state index contributed by atoms with van der Waals surface area (Å²) < 4.78 is 5.42. The summed E-state index contributed by atoms with van der Waals surface area (Å²) in [4.78, 5) is 43.6. The molecule has 0 saturated carbocycles. The molecule has 8 nitrogen and oxygen atoms in total. The summed E-state index contributed by atoms with van der Waals surface area (Å²) in [5.74, 6) is -0.482. The van der Waals surface area contributed by atoms with Crippen LogP contribution in [0.25, 0.3) is 11.1 Å². The van der Waals surface area contributed by atoms with Gasteiger partial charge in [0, 0.05) is 16.9 Å². The monoisotopic (exact) mass is 388 g/mol. The Kier molecular flexibility index (Phi) is 4.66. The van der Waals surface area contributed by atoms with Gasteiger partial charge in [0.05, 0.1) is 11.9 Å². The van der Waals surface area contributed by atoms with Gasteiger partial charge in [0.1, 0.15) is 11.1 Å². The Labute approximate surface area is 164 Å². The molecule has 0 fully saturated rings. The van der Waals surface area contributed by atoms with Crippen molar-refractivity contribution < 1.29 is 14.0 Å². The van der Waals surface area contributed by atoms with Gasteiger partial charge >= 0.3 is 0 Å². The maximum Gasteiger partial charge on any atom is 0.262 e. The molecule has 0 aliphatic rings. The second-order valence-corrected chi connectivity index (χ2v) is 6.30. The van der Waals surface area contributed by atoms with Gasteiger partial charge in [-0.2, -0.15) is 0 Å². The van der Waals surface area contributed by atoms with Crippen molar-refractivity contribution in [2.24, 2.45) is 0 Å². The van der Waals surface area contributed by atoms with E-state index in [0.29, 0.717) is 16.9 Å². The van der Waals surface area contributed by atoms with Gasteiger partial charge in [-0.3, -0.25) is 14.4 Å². The van der Waals surface area contributed by atoms with E-state index in [1.807, 2.05) is 6.07 Å². The van der Waals surface area contributed by atoms with Crippen LogP contribution in [-0.2, 0) is 0 Å². The van der Waals surface area contributed by atoms with Gasteiger partial charge in [0.2, 0.25) is 5.71 Å². The predicted molar refractivity (Wildman–Crippen MR) is 108 cm³/mol. The average molecular weight is 388 g/mol. The maximum atomic E-state index is 12.8. The van der Waals surface area contributed by atoms with Crippen LogP contribution in [0.15, 0.2) is 70.1 Å². The van der Waals surface area contributed by atoms with Crippen LogP contribution in [0, 0.1) is 6.92 Å². The molecule has 2 amide bonds. The number of H-pyrrole nitrogens is 1. The second kappa shape index (κ2) is 7.43. The molecule has 2 aromatic heterocycles. The van der Waals surface area contributed by atoms with Crippen LogP contribution in [0.2, 0.25) is 0 Å². The first kappa shape index (κ1) is 18.2. The fourth-order valence-corrected chi connectivity index (χ4v) is 2.99. The molecule has 0 atom stereocenters. The molecule has 3 N–H and O–H groups in total. The highest BCUT2D eigenvalue weighted by atomic mass is 16.3. The third-order valence-corrected chi connectivity index (χ3v) is 4.31. The molecule has 0 spiro atoms. The van der Waals surface area contributed by atoms with Gasteiger partial charge in [-0.25, -0.2) is 4.98 Å². The lowest BCUT2D eigenvalue weighted by molar-refractivity contribution is 0.101. The number of aromatic amines is 1. The fraction of sp³-hybridized carbons (Fsp3) is 0.0476. The summed E-state index contributed by atoms with van der Waals surface area (Å²) in [5, 5.41) is 5.60. The van der Waals surface area contributed by atoms with Crippen molar-refractivity contribution in [2.45, 2.75) is 6.92 Å². The highest BCUT2D eigenvalue weighted by molar-refractivity contribution is 6.13. The molecular formula is C21H16N4O4. The number of rotatable bonds is 4. The first-order valence-electron chi connectivity index (χ1n) is 8.77. The Hall–Kier alpha value is -4.20. The molecule has 0 unspecified atom stereocenters. The number of nitrogens with one attached hydrogen (secondary N) is 3. The number of furan rings is 1. The topological polar surface area (TPSA) is 117 Å². The number of aryl methyl sites for hydroxylation is 1. The molecule has 2 heterocycles. The highest BCUT2D eigenvalue weighted by Crippen LogP contribution is 2.23. The summed E-state index contributed by atoms with van der Waals surface area (Å²) in [6, 6.07) is 15.5. The third kappa shape index (κ3) is 3.63. The van der Waals surface area contributed by atoms with Gasteiger partial charge in [-0.05, 0) is 37.3 Å². The van der Waals surface area contributed by atoms with E-state index in [-0.39, 0.29) is 28.3 Å². The lowest BCUT2D eigenvalue weighted by Gasteiger charge is -2.09. The summed E-state index contributed by atoms with van der Waals surface area (Å²) in [7, 11) is 0. The van der Waals surface area contributed by atoms with Crippen molar-refractivity contribution in [3.8, 4) is 0 Å². The first-order valence-corrected chi connectivity index (χ1v) is 8.77. The Bertz CT molecular complexity index is 1270. The van der Waals surface area contributed by atoms with Gasteiger partial charge in [-0.15, -0.1) is 0 Å². The molecule has 0 radical (unpaired) electrons. The molecule has 4 rings (SSSR count). The zero-order chi connectivity index (χ0) is 20.4. The Morgan fingerprint density at radius 3 is 2.38 bits per heavy atom. The van der Waals surface area contributed by atoms with E-state index in [9.17, 15) is 14.4 Å². The quantitative estimate of drug-likeness (QED) is 0.496. The minimum absolute atomic E-state index is 0.0936. The van der Waals surface area contributed by atoms with Crippen LogP contribution < -0.4 is 16.2 Å². The number of benzene rings is 2. The molecule has 144 valence electrons. The van der Waals surface area contributed by atoms with Crippen molar-refractivity contribution >= 4 is 34.3 Å². The lowest BCUT2D eigenvalue weighted by atomic mass is 10.1. The van der Waals surface area contributed by atoms with Gasteiger partial charge in [0.25, 0.3) is 17.4 Å². The number of anilines is 2. The largest absolute Gasteiger partial charge is 0.442 e. The van der Waals surface area contributed by atoms with Crippen LogP contribution in [-0.4, -0.2) is 21.8 Å². The summed E-state index contributed by atoms with van der Waals surface area (Å²) in [5.41, 5.74) is 1.25. The van der Waals surface area contributed by atoms with Crippen molar-refractivity contribution in [1.82, 2.24) is 9.97 Å². The van der Waals surface area contributed by atoms with Crippen molar-refractivity contribution in [3.63, 3.8) is 0 Å². The molecule has 8 heteroatoms. The number of carbonyl (C=O) groups is 2. The smallest absolute Gasteiger partial charge is 0.262 e. The number of fused-ring (bicyclic) bond motifs is 1. The van der Waals surface area contributed by atoms with Gasteiger partial charge < -0.3 is 20.0 Å². The minimum atomic E-state index is -0.508. The van der Waals surface area contributed by atoms with Crippen LogP contribution in [0.4, 0.5) is 11.4 Å². The summed E-state index contributed by atoms with van der Waals surface area (Å²) in [6.07, 6.45) is 1.22. The van der Waals surface area contributed by atoms with Crippen molar-refractivity contribution in [3.05, 3.63) is 88.2 Å². The SMILES string of the molecule is Cc1oc2nc[nH]c(=O)c2c1C(=O)Nc1cccc(NC(=O)c2ccccc2)c1. The van der Waals surface area contributed by atoms with Gasteiger partial charge in [-0.1, -0.05) is 24.3 Å². The molecule has 29 heavy (non-hydrogen) atoms. The Morgan fingerprint density at radius 1 is 0.966 bits per heavy atom. The normalized spacial score (nSPS) is 10.7. The third-order valence-electron chi connectivity index (χ3n) is 4.31. The molecule has 0 bridgehead atoms. The van der Waals surface area contributed by atoms with E-state index in [2.05, 4.69) is 20.6 Å². The van der Waals surface area contributed by atoms with E-state index in [4.69, 9.17) is 4.42 Å². The summed E-state index contributed by atoms with van der Waals surface area (Å²) >= 11 is 0. The van der Waals surface area contributed by atoms with Crippen LogP contribution in [0.3, 0.4) is 0 Å². The van der Waals surface area contributed by atoms with E-state index >= 15 is 0 Å². The Morgan fingerprint density at radius 2 is 1.66 bits per heavy atom. The van der Waals surface area contributed by atoms with E-state index in [0.717, 1.165) is 0 Å². The van der Waals surface area contributed by atoms with E-state index < -0.39 is 11.5 Å². The highest BCUT2D eigenvalue weighted by Gasteiger charge is 2.21. The number of nitrogens with zero attached hydrogens (tertiary/aromatic N) is 1. The zero-order valence-corrected chi connectivity index (χ0v) is 15.4. The average Bonchev–Trinajstić information content (AvgIpc) is 3.06. The number of hydrogen-bond donors (Lipinski definition) is 3. The van der Waals surface area contributed by atoms with E-state index in [1.54, 1.807) is 55.5 Å². The standard InChI is InChI=1S/C21H16N4O4/c1-12-16(17-19(27)22-11-23-21(17)29-12)20(28)25-15-9-5-8-14(10-15)24-18(26)13-6-3-2-4-7-13/h2-11H,1H3,(H,24,26)(H,25,28)(H,22,23,27). The minimum Gasteiger partial charge on any atom is -0.442 e.